The Morgan fingerprint density at radius 3 is 2.61 bits per heavy atom. The third kappa shape index (κ3) is 6.50. The summed E-state index contributed by atoms with van der Waals surface area (Å²) in [5.41, 5.74) is 0.956. The number of halogens is 3. The SMILES string of the molecule is CC(C)(C)C/C=N/[C@@H](C(=O)N[C@H]1CC[C@H](O)CC1)[C@H](c1cccc(Cl)c1F)c1c(O)[nH]c2cc(Cl)ccc12. The van der Waals surface area contributed by atoms with Gasteiger partial charge in [0.05, 0.1) is 16.6 Å². The predicted molar refractivity (Wildman–Crippen MR) is 151 cm³/mol. The smallest absolute Gasteiger partial charge is 0.245 e. The second-order valence-corrected chi connectivity index (χ2v) is 12.1. The number of nitrogens with zero attached hydrogens (tertiary/aromatic N) is 1. The topological polar surface area (TPSA) is 97.7 Å². The molecule has 9 heteroatoms. The number of aliphatic hydroxyl groups is 1. The van der Waals surface area contributed by atoms with Crippen molar-refractivity contribution in [1.29, 1.82) is 0 Å². The molecule has 4 rings (SSSR count). The van der Waals surface area contributed by atoms with Crippen molar-refractivity contribution in [2.45, 2.75) is 77.0 Å². The number of hydrogen-bond donors (Lipinski definition) is 4. The minimum atomic E-state index is -1.10. The number of aromatic nitrogens is 1. The number of amides is 1. The number of aliphatic imine (C=N–C) groups is 1. The Morgan fingerprint density at radius 2 is 1.92 bits per heavy atom. The number of aromatic hydroxyl groups is 1. The second-order valence-electron chi connectivity index (χ2n) is 11.3. The molecule has 0 bridgehead atoms. The van der Waals surface area contributed by atoms with Crippen LogP contribution in [0.5, 0.6) is 5.88 Å². The van der Waals surface area contributed by atoms with E-state index in [9.17, 15) is 15.0 Å². The first-order valence-electron chi connectivity index (χ1n) is 12.9. The molecule has 1 heterocycles. The maximum Gasteiger partial charge on any atom is 0.245 e. The van der Waals surface area contributed by atoms with Crippen LogP contribution >= 0.6 is 23.2 Å². The lowest BCUT2D eigenvalue weighted by atomic mass is 9.83. The summed E-state index contributed by atoms with van der Waals surface area (Å²) in [5, 5.41) is 25.0. The normalized spacial score (nSPS) is 20.1. The number of hydrogen-bond acceptors (Lipinski definition) is 4. The zero-order valence-corrected chi connectivity index (χ0v) is 23.3. The van der Waals surface area contributed by atoms with Gasteiger partial charge >= 0.3 is 0 Å². The van der Waals surface area contributed by atoms with Crippen LogP contribution in [0.2, 0.25) is 10.0 Å². The third-order valence-electron chi connectivity index (χ3n) is 7.00. The van der Waals surface area contributed by atoms with Crippen LogP contribution in [0.1, 0.15) is 69.9 Å². The van der Waals surface area contributed by atoms with Gasteiger partial charge in [0.1, 0.15) is 11.9 Å². The fourth-order valence-electron chi connectivity index (χ4n) is 4.99. The van der Waals surface area contributed by atoms with Crippen LogP contribution in [0.15, 0.2) is 41.4 Å². The van der Waals surface area contributed by atoms with Gasteiger partial charge in [-0.05, 0) is 61.3 Å². The quantitative estimate of drug-likeness (QED) is 0.240. The van der Waals surface area contributed by atoms with E-state index in [1.54, 1.807) is 36.5 Å². The zero-order chi connectivity index (χ0) is 27.6. The van der Waals surface area contributed by atoms with Crippen LogP contribution in [0.3, 0.4) is 0 Å². The van der Waals surface area contributed by atoms with Gasteiger partial charge in [0.2, 0.25) is 5.91 Å². The number of aromatic amines is 1. The fraction of sp³-hybridized carbons (Fsp3) is 0.448. The molecular weight excluding hydrogens is 528 g/mol. The fourth-order valence-corrected chi connectivity index (χ4v) is 5.34. The zero-order valence-electron chi connectivity index (χ0n) is 21.8. The summed E-state index contributed by atoms with van der Waals surface area (Å²) in [6, 6.07) is 8.47. The van der Waals surface area contributed by atoms with E-state index < -0.39 is 17.8 Å². The number of benzene rings is 2. The Kier molecular flexibility index (Phi) is 8.70. The largest absolute Gasteiger partial charge is 0.494 e. The first kappa shape index (κ1) is 28.4. The van der Waals surface area contributed by atoms with E-state index in [1.165, 1.54) is 6.07 Å². The van der Waals surface area contributed by atoms with Gasteiger partial charge in [0.25, 0.3) is 0 Å². The molecule has 0 radical (unpaired) electrons. The highest BCUT2D eigenvalue weighted by Crippen LogP contribution is 2.43. The maximum absolute atomic E-state index is 15.6. The molecule has 38 heavy (non-hydrogen) atoms. The monoisotopic (exact) mass is 561 g/mol. The van der Waals surface area contributed by atoms with Gasteiger partial charge in [-0.2, -0.15) is 0 Å². The Balaban J connectivity index is 1.86. The Morgan fingerprint density at radius 1 is 1.21 bits per heavy atom. The van der Waals surface area contributed by atoms with Gasteiger partial charge in [-0.1, -0.05) is 62.2 Å². The van der Waals surface area contributed by atoms with Crippen molar-refractivity contribution in [1.82, 2.24) is 10.3 Å². The van der Waals surface area contributed by atoms with Crippen LogP contribution in [0.4, 0.5) is 4.39 Å². The maximum atomic E-state index is 15.6. The van der Waals surface area contributed by atoms with Crippen LogP contribution in [0.25, 0.3) is 10.9 Å². The number of nitrogens with one attached hydrogen (secondary N) is 2. The molecule has 204 valence electrons. The highest BCUT2D eigenvalue weighted by molar-refractivity contribution is 6.31. The Bertz CT molecular complexity index is 1330. The summed E-state index contributed by atoms with van der Waals surface area (Å²) in [6.45, 7) is 6.18. The average Bonchev–Trinajstić information content (AvgIpc) is 3.16. The lowest BCUT2D eigenvalue weighted by Gasteiger charge is -2.30. The highest BCUT2D eigenvalue weighted by atomic mass is 35.5. The molecule has 1 amide bonds. The molecule has 1 fully saturated rings. The number of fused-ring (bicyclic) bond motifs is 1. The predicted octanol–water partition coefficient (Wildman–Crippen LogP) is 6.75. The molecule has 0 saturated heterocycles. The van der Waals surface area contributed by atoms with E-state index in [0.29, 0.717) is 53.6 Å². The molecule has 0 unspecified atom stereocenters. The van der Waals surface area contributed by atoms with E-state index in [0.717, 1.165) is 0 Å². The van der Waals surface area contributed by atoms with E-state index in [1.807, 2.05) is 0 Å². The molecule has 6 nitrogen and oxygen atoms in total. The highest BCUT2D eigenvalue weighted by Gasteiger charge is 2.37. The molecule has 3 aromatic rings. The number of carbonyl (C=O) groups is 1. The van der Waals surface area contributed by atoms with Crippen LogP contribution in [-0.4, -0.2) is 45.5 Å². The van der Waals surface area contributed by atoms with E-state index >= 15 is 4.39 Å². The molecule has 0 spiro atoms. The van der Waals surface area contributed by atoms with Crippen molar-refractivity contribution in [2.75, 3.05) is 0 Å². The van der Waals surface area contributed by atoms with Gasteiger partial charge in [-0.25, -0.2) is 4.39 Å². The minimum absolute atomic E-state index is 0.0828. The summed E-state index contributed by atoms with van der Waals surface area (Å²) in [5.74, 6) is -2.25. The van der Waals surface area contributed by atoms with Crippen molar-refractivity contribution in [3.05, 3.63) is 63.4 Å². The summed E-state index contributed by atoms with van der Waals surface area (Å²) in [4.78, 5) is 21.5. The minimum Gasteiger partial charge on any atom is -0.494 e. The van der Waals surface area contributed by atoms with Crippen molar-refractivity contribution >= 4 is 46.2 Å². The van der Waals surface area contributed by atoms with E-state index in [-0.39, 0.29) is 39.9 Å². The first-order chi connectivity index (χ1) is 17.9. The van der Waals surface area contributed by atoms with Gasteiger partial charge in [-0.3, -0.25) is 9.79 Å². The van der Waals surface area contributed by atoms with Crippen LogP contribution in [-0.2, 0) is 4.79 Å². The van der Waals surface area contributed by atoms with E-state index in [2.05, 4.69) is 31.1 Å². The molecule has 0 aliphatic heterocycles. The van der Waals surface area contributed by atoms with Crippen molar-refractivity contribution in [3.8, 4) is 5.88 Å². The molecule has 1 aliphatic rings. The summed E-state index contributed by atoms with van der Waals surface area (Å²) >= 11 is 12.4. The van der Waals surface area contributed by atoms with Crippen molar-refractivity contribution in [2.24, 2.45) is 10.4 Å². The van der Waals surface area contributed by atoms with Crippen LogP contribution < -0.4 is 5.32 Å². The van der Waals surface area contributed by atoms with Gasteiger partial charge < -0.3 is 20.5 Å². The van der Waals surface area contributed by atoms with E-state index in [4.69, 9.17) is 28.2 Å². The van der Waals surface area contributed by atoms with Crippen LogP contribution in [0, 0.1) is 11.2 Å². The third-order valence-corrected chi connectivity index (χ3v) is 7.53. The van der Waals surface area contributed by atoms with Gasteiger partial charge in [0.15, 0.2) is 5.88 Å². The molecule has 2 atom stereocenters. The van der Waals surface area contributed by atoms with Crippen molar-refractivity contribution in [3.63, 3.8) is 0 Å². The molecule has 2 aromatic carbocycles. The first-order valence-corrected chi connectivity index (χ1v) is 13.6. The molecule has 1 aromatic heterocycles. The number of carbonyl (C=O) groups excluding carboxylic acids is 1. The Labute approximate surface area is 232 Å². The number of rotatable bonds is 7. The molecule has 1 aliphatic carbocycles. The lowest BCUT2D eigenvalue weighted by Crippen LogP contribution is -2.45. The van der Waals surface area contributed by atoms with Crippen molar-refractivity contribution < 1.29 is 19.4 Å². The molecular formula is C29H34Cl2FN3O3. The number of aliphatic hydroxyl groups excluding tert-OH is 1. The summed E-state index contributed by atoms with van der Waals surface area (Å²) in [7, 11) is 0. The lowest BCUT2D eigenvalue weighted by molar-refractivity contribution is -0.123. The van der Waals surface area contributed by atoms with Gasteiger partial charge in [0, 0.05) is 34.1 Å². The Hall–Kier alpha value is -2.61. The summed E-state index contributed by atoms with van der Waals surface area (Å²) < 4.78 is 15.6. The average molecular weight is 563 g/mol. The summed E-state index contributed by atoms with van der Waals surface area (Å²) in [6.07, 6.45) is 4.39. The van der Waals surface area contributed by atoms with Gasteiger partial charge in [-0.15, -0.1) is 0 Å². The second kappa shape index (κ2) is 11.6. The number of H-pyrrole nitrogens is 1. The molecule has 4 N–H and O–H groups in total. The molecule has 1 saturated carbocycles. The standard InChI is InChI=1S/C29H34Cl2FN3O3/c1-29(2,3)13-14-33-26(28(38)34-17-8-10-18(36)11-9-17)23(20-5-4-6-21(31)25(20)32)24-19-12-7-16(30)15-22(19)35-27(24)37/h4-7,12,14-15,17-18,23,26,35-37H,8-11,13H2,1-3H3,(H,34,38)/b33-14+/t17-,18-,23-,26-/m1/s1.